The van der Waals surface area contributed by atoms with Gasteiger partial charge in [-0.1, -0.05) is 11.6 Å². The van der Waals surface area contributed by atoms with Crippen LogP contribution < -0.4 is 20.3 Å². The first-order chi connectivity index (χ1) is 14.3. The summed E-state index contributed by atoms with van der Waals surface area (Å²) in [6, 6.07) is 8.85. The standard InChI is InChI=1S/C21H28ClN5O3/c1-15-25-18(14-19(26-15)27-10-12-29-13-11-27)23-8-9-24-20(28)21(2,3)30-17-6-4-16(22)5-7-17/h4-7,14H,8-13H2,1-3H3,(H,24,28)(H,23,25,26). The van der Waals surface area contributed by atoms with Crippen LogP contribution in [0.25, 0.3) is 0 Å². The molecule has 0 aliphatic carbocycles. The van der Waals surface area contributed by atoms with Crippen LogP contribution in [-0.4, -0.2) is 60.9 Å². The maximum Gasteiger partial charge on any atom is 0.263 e. The Labute approximate surface area is 181 Å². The summed E-state index contributed by atoms with van der Waals surface area (Å²) < 4.78 is 11.2. The van der Waals surface area contributed by atoms with Gasteiger partial charge in [0.05, 0.1) is 13.2 Å². The van der Waals surface area contributed by atoms with Crippen LogP contribution in [0.1, 0.15) is 19.7 Å². The number of carbonyl (C=O) groups is 1. The molecule has 0 radical (unpaired) electrons. The molecule has 2 heterocycles. The van der Waals surface area contributed by atoms with Crippen molar-refractivity contribution in [2.45, 2.75) is 26.4 Å². The van der Waals surface area contributed by atoms with Crippen LogP contribution in [0.4, 0.5) is 11.6 Å². The summed E-state index contributed by atoms with van der Waals surface area (Å²) in [5.74, 6) is 2.70. The molecule has 9 heteroatoms. The minimum absolute atomic E-state index is 0.202. The summed E-state index contributed by atoms with van der Waals surface area (Å²) in [5.41, 5.74) is -1.01. The fourth-order valence-electron chi connectivity index (χ4n) is 3.02. The van der Waals surface area contributed by atoms with Crippen molar-refractivity contribution >= 4 is 29.1 Å². The number of carbonyl (C=O) groups excluding carboxylic acids is 1. The molecule has 0 saturated carbocycles. The summed E-state index contributed by atoms with van der Waals surface area (Å²) in [5, 5.41) is 6.76. The zero-order valence-electron chi connectivity index (χ0n) is 17.6. The number of hydrogen-bond donors (Lipinski definition) is 2. The van der Waals surface area contributed by atoms with Crippen LogP contribution in [0.2, 0.25) is 5.02 Å². The second-order valence-electron chi connectivity index (χ2n) is 7.51. The minimum Gasteiger partial charge on any atom is -0.478 e. The van der Waals surface area contributed by atoms with Crippen LogP contribution in [0, 0.1) is 6.92 Å². The van der Waals surface area contributed by atoms with Crippen molar-refractivity contribution in [2.75, 3.05) is 49.6 Å². The van der Waals surface area contributed by atoms with Gasteiger partial charge in [-0.25, -0.2) is 9.97 Å². The van der Waals surface area contributed by atoms with Crippen molar-refractivity contribution in [3.05, 3.63) is 41.2 Å². The second-order valence-corrected chi connectivity index (χ2v) is 7.94. The number of aromatic nitrogens is 2. The SMILES string of the molecule is Cc1nc(NCCNC(=O)C(C)(C)Oc2ccc(Cl)cc2)cc(N2CCOCC2)n1. The monoisotopic (exact) mass is 433 g/mol. The normalized spacial score (nSPS) is 14.3. The second kappa shape index (κ2) is 9.95. The number of rotatable bonds is 8. The molecule has 0 atom stereocenters. The van der Waals surface area contributed by atoms with Gasteiger partial charge in [0.25, 0.3) is 5.91 Å². The topological polar surface area (TPSA) is 88.6 Å². The van der Waals surface area contributed by atoms with Crippen molar-refractivity contribution < 1.29 is 14.3 Å². The zero-order valence-corrected chi connectivity index (χ0v) is 18.3. The zero-order chi connectivity index (χ0) is 21.6. The van der Waals surface area contributed by atoms with E-state index in [1.165, 1.54) is 0 Å². The Bertz CT molecular complexity index is 854. The number of halogens is 1. The molecule has 2 N–H and O–H groups in total. The smallest absolute Gasteiger partial charge is 0.263 e. The van der Waals surface area contributed by atoms with E-state index >= 15 is 0 Å². The van der Waals surface area contributed by atoms with Gasteiger partial charge in [0.15, 0.2) is 5.60 Å². The summed E-state index contributed by atoms with van der Waals surface area (Å²) in [4.78, 5) is 23.7. The molecule has 1 aliphatic rings. The van der Waals surface area contributed by atoms with Crippen molar-refractivity contribution in [1.82, 2.24) is 15.3 Å². The van der Waals surface area contributed by atoms with Gasteiger partial charge in [-0.3, -0.25) is 4.79 Å². The quantitative estimate of drug-likeness (QED) is 0.618. The molecule has 30 heavy (non-hydrogen) atoms. The molecule has 0 bridgehead atoms. The van der Waals surface area contributed by atoms with Gasteiger partial charge < -0.3 is 25.0 Å². The fourth-order valence-corrected chi connectivity index (χ4v) is 3.15. The number of anilines is 2. The number of nitrogens with zero attached hydrogens (tertiary/aromatic N) is 3. The molecule has 162 valence electrons. The Kier molecular flexibility index (Phi) is 7.33. The van der Waals surface area contributed by atoms with Gasteiger partial charge in [-0.05, 0) is 45.0 Å². The number of aryl methyl sites for hydroxylation is 1. The molecule has 1 fully saturated rings. The number of hydrogen-bond acceptors (Lipinski definition) is 7. The lowest BCUT2D eigenvalue weighted by Crippen LogP contribution is -2.47. The summed E-state index contributed by atoms with van der Waals surface area (Å²) in [6.07, 6.45) is 0. The predicted molar refractivity (Wildman–Crippen MR) is 117 cm³/mol. The van der Waals surface area contributed by atoms with E-state index in [2.05, 4.69) is 25.5 Å². The van der Waals surface area contributed by atoms with E-state index < -0.39 is 5.60 Å². The lowest BCUT2D eigenvalue weighted by atomic mass is 10.1. The molecule has 3 rings (SSSR count). The minimum atomic E-state index is -1.01. The van der Waals surface area contributed by atoms with Crippen LogP contribution in [0.15, 0.2) is 30.3 Å². The van der Waals surface area contributed by atoms with Crippen molar-refractivity contribution in [2.24, 2.45) is 0 Å². The maximum atomic E-state index is 12.5. The number of nitrogens with one attached hydrogen (secondary N) is 2. The van der Waals surface area contributed by atoms with E-state index in [0.29, 0.717) is 42.9 Å². The Morgan fingerprint density at radius 2 is 1.90 bits per heavy atom. The largest absolute Gasteiger partial charge is 0.478 e. The average molecular weight is 434 g/mol. The van der Waals surface area contributed by atoms with Crippen LogP contribution in [0.3, 0.4) is 0 Å². The van der Waals surface area contributed by atoms with E-state index in [4.69, 9.17) is 21.1 Å². The number of morpholine rings is 1. The maximum absolute atomic E-state index is 12.5. The van der Waals surface area contributed by atoms with Gasteiger partial charge in [-0.15, -0.1) is 0 Å². The molecule has 0 unspecified atom stereocenters. The number of benzene rings is 1. The highest BCUT2D eigenvalue weighted by Crippen LogP contribution is 2.21. The van der Waals surface area contributed by atoms with Crippen molar-refractivity contribution in [3.63, 3.8) is 0 Å². The fraction of sp³-hybridized carbons (Fsp3) is 0.476. The molecule has 2 aromatic rings. The Morgan fingerprint density at radius 3 is 2.60 bits per heavy atom. The first-order valence-electron chi connectivity index (χ1n) is 9.99. The van der Waals surface area contributed by atoms with Crippen LogP contribution in [-0.2, 0) is 9.53 Å². The molecular formula is C21H28ClN5O3. The third kappa shape index (κ3) is 6.21. The summed E-state index contributed by atoms with van der Waals surface area (Å²) in [7, 11) is 0. The van der Waals surface area contributed by atoms with Gasteiger partial charge in [0, 0.05) is 37.3 Å². The highest BCUT2D eigenvalue weighted by Gasteiger charge is 2.29. The van der Waals surface area contributed by atoms with Crippen molar-refractivity contribution in [3.8, 4) is 5.75 Å². The lowest BCUT2D eigenvalue weighted by molar-refractivity contribution is -0.134. The van der Waals surface area contributed by atoms with Crippen molar-refractivity contribution in [1.29, 1.82) is 0 Å². The highest BCUT2D eigenvalue weighted by atomic mass is 35.5. The molecule has 1 saturated heterocycles. The third-order valence-corrected chi connectivity index (χ3v) is 4.86. The highest BCUT2D eigenvalue weighted by molar-refractivity contribution is 6.30. The van der Waals surface area contributed by atoms with E-state index in [0.717, 1.165) is 24.7 Å². The van der Waals surface area contributed by atoms with Gasteiger partial charge in [0.1, 0.15) is 23.2 Å². The molecule has 1 aromatic carbocycles. The van der Waals surface area contributed by atoms with E-state index in [1.807, 2.05) is 13.0 Å². The average Bonchev–Trinajstić information content (AvgIpc) is 2.73. The number of amides is 1. The van der Waals surface area contributed by atoms with Gasteiger partial charge >= 0.3 is 0 Å². The van der Waals surface area contributed by atoms with E-state index in [1.54, 1.807) is 38.1 Å². The Morgan fingerprint density at radius 1 is 1.20 bits per heavy atom. The predicted octanol–water partition coefficient (Wildman–Crippen LogP) is 2.66. The molecule has 1 aliphatic heterocycles. The van der Waals surface area contributed by atoms with Gasteiger partial charge in [0.2, 0.25) is 0 Å². The van der Waals surface area contributed by atoms with Gasteiger partial charge in [-0.2, -0.15) is 0 Å². The molecule has 1 aromatic heterocycles. The Hall–Kier alpha value is -2.58. The van der Waals surface area contributed by atoms with E-state index in [9.17, 15) is 4.79 Å². The molecule has 0 spiro atoms. The molecule has 8 nitrogen and oxygen atoms in total. The lowest BCUT2D eigenvalue weighted by Gasteiger charge is -2.28. The van der Waals surface area contributed by atoms with Crippen LogP contribution in [0.5, 0.6) is 5.75 Å². The summed E-state index contributed by atoms with van der Waals surface area (Å²) >= 11 is 5.89. The Balaban J connectivity index is 1.48. The van der Waals surface area contributed by atoms with E-state index in [-0.39, 0.29) is 5.91 Å². The first-order valence-corrected chi connectivity index (χ1v) is 10.4. The summed E-state index contributed by atoms with van der Waals surface area (Å²) in [6.45, 7) is 9.32. The molecular weight excluding hydrogens is 406 g/mol. The number of ether oxygens (including phenoxy) is 2. The molecule has 1 amide bonds. The first kappa shape index (κ1) is 22.1. The third-order valence-electron chi connectivity index (χ3n) is 4.61. The van der Waals surface area contributed by atoms with Crippen LogP contribution >= 0.6 is 11.6 Å².